The second-order valence-electron chi connectivity index (χ2n) is 5.39. The number of hydrogen-bond donors (Lipinski definition) is 1. The summed E-state index contributed by atoms with van der Waals surface area (Å²) in [5.41, 5.74) is 1.27. The largest absolute Gasteiger partial charge is 0.339 e. The summed E-state index contributed by atoms with van der Waals surface area (Å²) in [6, 6.07) is 4.99. The fourth-order valence-electron chi connectivity index (χ4n) is 2.53. The maximum absolute atomic E-state index is 13.5. The number of aromatic nitrogens is 2. The van der Waals surface area contributed by atoms with Crippen molar-refractivity contribution in [1.82, 2.24) is 15.5 Å². The average molecular weight is 275 g/mol. The normalized spacial score (nSPS) is 19.2. The molecule has 1 N–H and O–H groups in total. The third-order valence-electron chi connectivity index (χ3n) is 3.76. The lowest BCUT2D eigenvalue weighted by molar-refractivity contribution is 0.316. The highest BCUT2D eigenvalue weighted by Crippen LogP contribution is 2.21. The van der Waals surface area contributed by atoms with Gasteiger partial charge < -0.3 is 9.84 Å². The third-order valence-corrected chi connectivity index (χ3v) is 3.76. The van der Waals surface area contributed by atoms with Gasteiger partial charge in [0.15, 0.2) is 0 Å². The van der Waals surface area contributed by atoms with Crippen molar-refractivity contribution in [2.24, 2.45) is 5.92 Å². The van der Waals surface area contributed by atoms with Crippen molar-refractivity contribution in [3.8, 4) is 11.4 Å². The molecule has 106 valence electrons. The van der Waals surface area contributed by atoms with Crippen LogP contribution in [-0.2, 0) is 6.42 Å². The van der Waals surface area contributed by atoms with Gasteiger partial charge in [-0.2, -0.15) is 4.98 Å². The minimum absolute atomic E-state index is 0.245. The Morgan fingerprint density at radius 1 is 1.45 bits per heavy atom. The van der Waals surface area contributed by atoms with Gasteiger partial charge in [-0.3, -0.25) is 0 Å². The van der Waals surface area contributed by atoms with Gasteiger partial charge in [-0.15, -0.1) is 0 Å². The predicted molar refractivity (Wildman–Crippen MR) is 73.7 cm³/mol. The molecule has 0 amide bonds. The quantitative estimate of drug-likeness (QED) is 0.935. The summed E-state index contributed by atoms with van der Waals surface area (Å²) in [7, 11) is 0. The van der Waals surface area contributed by atoms with Crippen LogP contribution in [-0.4, -0.2) is 23.2 Å². The van der Waals surface area contributed by atoms with Crippen LogP contribution in [0.15, 0.2) is 22.7 Å². The molecule has 0 saturated carbocycles. The molecular formula is C15H18FN3O. The van der Waals surface area contributed by atoms with Crippen LogP contribution in [0.4, 0.5) is 4.39 Å². The van der Waals surface area contributed by atoms with Crippen molar-refractivity contribution in [3.63, 3.8) is 0 Å². The third kappa shape index (κ3) is 2.88. The van der Waals surface area contributed by atoms with Crippen molar-refractivity contribution in [2.45, 2.75) is 26.2 Å². The van der Waals surface area contributed by atoms with Gasteiger partial charge in [0.25, 0.3) is 0 Å². The topological polar surface area (TPSA) is 51.0 Å². The molecule has 1 unspecified atom stereocenters. The van der Waals surface area contributed by atoms with Crippen molar-refractivity contribution in [2.75, 3.05) is 13.1 Å². The van der Waals surface area contributed by atoms with Crippen LogP contribution in [0.5, 0.6) is 0 Å². The fraction of sp³-hybridized carbons (Fsp3) is 0.467. The lowest BCUT2D eigenvalue weighted by Crippen LogP contribution is -2.30. The molecule has 5 heteroatoms. The molecule has 20 heavy (non-hydrogen) atoms. The Bertz CT molecular complexity index is 591. The maximum Gasteiger partial charge on any atom is 0.227 e. The van der Waals surface area contributed by atoms with Gasteiger partial charge in [-0.1, -0.05) is 17.3 Å². The molecule has 1 fully saturated rings. The summed E-state index contributed by atoms with van der Waals surface area (Å²) in [5, 5.41) is 7.32. The molecule has 2 heterocycles. The monoisotopic (exact) mass is 275 g/mol. The molecule has 1 aromatic carbocycles. The van der Waals surface area contributed by atoms with E-state index in [9.17, 15) is 4.39 Å². The minimum Gasteiger partial charge on any atom is -0.339 e. The van der Waals surface area contributed by atoms with Gasteiger partial charge in [0.2, 0.25) is 11.7 Å². The molecule has 2 aromatic rings. The first kappa shape index (κ1) is 13.2. The number of hydrogen-bond acceptors (Lipinski definition) is 4. The van der Waals surface area contributed by atoms with Gasteiger partial charge in [0.1, 0.15) is 5.82 Å². The Morgan fingerprint density at radius 2 is 2.35 bits per heavy atom. The molecule has 4 nitrogen and oxygen atoms in total. The summed E-state index contributed by atoms with van der Waals surface area (Å²) in [6.45, 7) is 3.82. The Kier molecular flexibility index (Phi) is 3.78. The van der Waals surface area contributed by atoms with Crippen molar-refractivity contribution in [1.29, 1.82) is 0 Å². The highest BCUT2D eigenvalue weighted by Gasteiger charge is 2.18. The van der Waals surface area contributed by atoms with E-state index in [1.54, 1.807) is 13.0 Å². The molecular weight excluding hydrogens is 257 g/mol. The van der Waals surface area contributed by atoms with E-state index in [2.05, 4.69) is 15.5 Å². The molecule has 1 aliphatic rings. The zero-order chi connectivity index (χ0) is 13.9. The number of rotatable bonds is 3. The zero-order valence-corrected chi connectivity index (χ0v) is 11.5. The molecule has 0 spiro atoms. The van der Waals surface area contributed by atoms with Crippen LogP contribution >= 0.6 is 0 Å². The van der Waals surface area contributed by atoms with Crippen molar-refractivity contribution >= 4 is 0 Å². The Labute approximate surface area is 117 Å². The maximum atomic E-state index is 13.5. The molecule has 0 radical (unpaired) electrons. The molecule has 1 aromatic heterocycles. The Hall–Kier alpha value is -1.75. The SMILES string of the molecule is Cc1ccc(-c2noc(CC3CCCNC3)n2)cc1F. The van der Waals surface area contributed by atoms with Crippen LogP contribution < -0.4 is 5.32 Å². The zero-order valence-electron chi connectivity index (χ0n) is 11.5. The van der Waals surface area contributed by atoms with Crippen LogP contribution in [0.2, 0.25) is 0 Å². The predicted octanol–water partition coefficient (Wildman–Crippen LogP) is 2.73. The van der Waals surface area contributed by atoms with Gasteiger partial charge in [-0.05, 0) is 50.4 Å². The summed E-state index contributed by atoms with van der Waals surface area (Å²) in [6.07, 6.45) is 3.16. The highest BCUT2D eigenvalue weighted by molar-refractivity contribution is 5.54. The van der Waals surface area contributed by atoms with E-state index < -0.39 is 0 Å². The van der Waals surface area contributed by atoms with Gasteiger partial charge in [0, 0.05) is 12.0 Å². The first-order valence-corrected chi connectivity index (χ1v) is 7.02. The lowest BCUT2D eigenvalue weighted by Gasteiger charge is -2.20. The van der Waals surface area contributed by atoms with Gasteiger partial charge in [-0.25, -0.2) is 4.39 Å². The molecule has 1 saturated heterocycles. The van der Waals surface area contributed by atoms with Crippen molar-refractivity contribution in [3.05, 3.63) is 35.5 Å². The molecule has 1 aliphatic heterocycles. The Balaban J connectivity index is 1.73. The molecule has 1 atom stereocenters. The number of nitrogens with one attached hydrogen (secondary N) is 1. The summed E-state index contributed by atoms with van der Waals surface area (Å²) < 4.78 is 18.8. The number of benzene rings is 1. The fourth-order valence-corrected chi connectivity index (χ4v) is 2.53. The van der Waals surface area contributed by atoms with E-state index in [1.807, 2.05) is 6.07 Å². The lowest BCUT2D eigenvalue weighted by atomic mass is 9.96. The number of halogens is 1. The van der Waals surface area contributed by atoms with Crippen LogP contribution in [0.25, 0.3) is 11.4 Å². The first-order valence-electron chi connectivity index (χ1n) is 7.02. The average Bonchev–Trinajstić information content (AvgIpc) is 2.91. The first-order chi connectivity index (χ1) is 9.72. The van der Waals surface area contributed by atoms with Gasteiger partial charge in [0.05, 0.1) is 0 Å². The number of piperidine rings is 1. The standard InChI is InChI=1S/C15H18FN3O/c1-10-4-5-12(8-13(10)16)15-18-14(20-19-15)7-11-3-2-6-17-9-11/h4-5,8,11,17H,2-3,6-7,9H2,1H3. The van der Waals surface area contributed by atoms with Crippen LogP contribution in [0.3, 0.4) is 0 Å². The van der Waals surface area contributed by atoms with Crippen LogP contribution in [0, 0.1) is 18.7 Å². The van der Waals surface area contributed by atoms with Crippen LogP contribution in [0.1, 0.15) is 24.3 Å². The second kappa shape index (κ2) is 5.71. The van der Waals surface area contributed by atoms with E-state index in [1.165, 1.54) is 18.9 Å². The van der Waals surface area contributed by atoms with E-state index >= 15 is 0 Å². The summed E-state index contributed by atoms with van der Waals surface area (Å²) >= 11 is 0. The second-order valence-corrected chi connectivity index (χ2v) is 5.39. The molecule has 3 rings (SSSR count). The van der Waals surface area contributed by atoms with E-state index in [0.29, 0.717) is 28.8 Å². The van der Waals surface area contributed by atoms with Gasteiger partial charge >= 0.3 is 0 Å². The summed E-state index contributed by atoms with van der Waals surface area (Å²) in [4.78, 5) is 4.37. The molecule has 0 bridgehead atoms. The highest BCUT2D eigenvalue weighted by atomic mass is 19.1. The Morgan fingerprint density at radius 3 is 3.10 bits per heavy atom. The smallest absolute Gasteiger partial charge is 0.227 e. The minimum atomic E-state index is -0.245. The van der Waals surface area contributed by atoms with E-state index in [0.717, 1.165) is 19.5 Å². The molecule has 0 aliphatic carbocycles. The van der Waals surface area contributed by atoms with E-state index in [4.69, 9.17) is 4.52 Å². The summed E-state index contributed by atoms with van der Waals surface area (Å²) in [5.74, 6) is 1.40. The van der Waals surface area contributed by atoms with E-state index in [-0.39, 0.29) is 5.82 Å². The number of aryl methyl sites for hydroxylation is 1. The van der Waals surface area contributed by atoms with Crippen molar-refractivity contribution < 1.29 is 8.91 Å². The number of nitrogens with zero attached hydrogens (tertiary/aromatic N) is 2.